The second kappa shape index (κ2) is 9.92. The van der Waals surface area contributed by atoms with Crippen LogP contribution in [0.15, 0.2) is 0 Å². The van der Waals surface area contributed by atoms with Gasteiger partial charge in [0.05, 0.1) is 0 Å². The Kier molecular flexibility index (Phi) is 7.88. The van der Waals surface area contributed by atoms with Crippen LogP contribution >= 0.6 is 0 Å². The van der Waals surface area contributed by atoms with Gasteiger partial charge >= 0.3 is 0 Å². The van der Waals surface area contributed by atoms with Crippen molar-refractivity contribution >= 4 is 0 Å². The van der Waals surface area contributed by atoms with Crippen molar-refractivity contribution in [1.82, 2.24) is 10.6 Å². The Bertz CT molecular complexity index is 367. The van der Waals surface area contributed by atoms with Crippen LogP contribution in [0.2, 0.25) is 0 Å². The molecule has 0 aromatic rings. The second-order valence-electron chi connectivity index (χ2n) is 10.6. The Morgan fingerprint density at radius 1 is 0.538 bits per heavy atom. The maximum Gasteiger partial charge on any atom is 0.0223 e. The van der Waals surface area contributed by atoms with Gasteiger partial charge in [0.25, 0.3) is 0 Å². The number of hydrogen-bond donors (Lipinski definition) is 2. The fourth-order valence-corrected chi connectivity index (χ4v) is 6.10. The topological polar surface area (TPSA) is 24.1 Å². The van der Waals surface area contributed by atoms with E-state index in [0.29, 0.717) is 0 Å². The minimum atomic E-state index is 0.721. The molecule has 0 bridgehead atoms. The second-order valence-corrected chi connectivity index (χ2v) is 10.6. The van der Waals surface area contributed by atoms with E-state index >= 15 is 0 Å². The lowest BCUT2D eigenvalue weighted by atomic mass is 9.77. The zero-order chi connectivity index (χ0) is 18.5. The molecule has 6 unspecified atom stereocenters. The molecule has 0 amide bonds. The first kappa shape index (κ1) is 20.6. The minimum absolute atomic E-state index is 0.721. The Balaban J connectivity index is 1.52. The largest absolute Gasteiger partial charge is 0.310 e. The van der Waals surface area contributed by atoms with E-state index in [1.807, 2.05) is 0 Å². The predicted molar refractivity (Wildman–Crippen MR) is 113 cm³/mol. The van der Waals surface area contributed by atoms with Crippen molar-refractivity contribution in [3.63, 3.8) is 0 Å². The predicted octanol–water partition coefficient (Wildman–Crippen LogP) is 5.91. The van der Waals surface area contributed by atoms with E-state index < -0.39 is 0 Å². The zero-order valence-corrected chi connectivity index (χ0v) is 18.1. The Morgan fingerprint density at radius 3 is 1.35 bits per heavy atom. The summed E-state index contributed by atoms with van der Waals surface area (Å²) in [6, 6.07) is 3.00. The molecule has 0 saturated heterocycles. The monoisotopic (exact) mass is 362 g/mol. The molecule has 152 valence electrons. The maximum absolute atomic E-state index is 4.15. The molecule has 0 spiro atoms. The summed E-state index contributed by atoms with van der Waals surface area (Å²) in [6.45, 7) is 9.69. The highest BCUT2D eigenvalue weighted by Crippen LogP contribution is 2.33. The molecule has 3 fully saturated rings. The average Bonchev–Trinajstić information content (AvgIpc) is 2.64. The highest BCUT2D eigenvalue weighted by molar-refractivity contribution is 4.93. The summed E-state index contributed by atoms with van der Waals surface area (Å²) in [5, 5.41) is 8.31. The summed E-state index contributed by atoms with van der Waals surface area (Å²) in [5.41, 5.74) is 0. The highest BCUT2D eigenvalue weighted by atomic mass is 15.1. The summed E-state index contributed by atoms with van der Waals surface area (Å²) < 4.78 is 0. The van der Waals surface area contributed by atoms with Crippen LogP contribution in [0.25, 0.3) is 0 Å². The van der Waals surface area contributed by atoms with Crippen molar-refractivity contribution in [3.8, 4) is 0 Å². The van der Waals surface area contributed by atoms with E-state index in [2.05, 4.69) is 38.3 Å². The molecular weight excluding hydrogens is 316 g/mol. The van der Waals surface area contributed by atoms with Crippen molar-refractivity contribution in [2.45, 2.75) is 129 Å². The lowest BCUT2D eigenvalue weighted by Gasteiger charge is -2.42. The molecule has 2 heteroatoms. The van der Waals surface area contributed by atoms with Crippen LogP contribution in [0.1, 0.15) is 105 Å². The van der Waals surface area contributed by atoms with Gasteiger partial charge < -0.3 is 10.6 Å². The van der Waals surface area contributed by atoms with E-state index in [0.717, 1.165) is 47.8 Å². The quantitative estimate of drug-likeness (QED) is 0.614. The highest BCUT2D eigenvalue weighted by Gasteiger charge is 2.33. The van der Waals surface area contributed by atoms with E-state index in [9.17, 15) is 0 Å². The van der Waals surface area contributed by atoms with Crippen LogP contribution in [0.5, 0.6) is 0 Å². The average molecular weight is 363 g/mol. The van der Waals surface area contributed by atoms with Gasteiger partial charge in [0.1, 0.15) is 0 Å². The van der Waals surface area contributed by atoms with Crippen LogP contribution < -0.4 is 10.6 Å². The molecule has 0 aromatic carbocycles. The van der Waals surface area contributed by atoms with Gasteiger partial charge in [-0.1, -0.05) is 66.2 Å². The van der Waals surface area contributed by atoms with E-state index in [1.54, 1.807) is 0 Å². The lowest BCUT2D eigenvalue weighted by Crippen LogP contribution is -2.56. The molecular formula is C24H46N2. The third-order valence-corrected chi connectivity index (χ3v) is 7.98. The van der Waals surface area contributed by atoms with Gasteiger partial charge in [-0.05, 0) is 62.2 Å². The minimum Gasteiger partial charge on any atom is -0.310 e. The Hall–Kier alpha value is -0.0800. The molecule has 6 atom stereocenters. The third-order valence-electron chi connectivity index (χ3n) is 7.98. The first-order chi connectivity index (χ1) is 12.5. The molecule has 26 heavy (non-hydrogen) atoms. The standard InChI is InChI=1S/C24H46N2/c1-17(2)19-9-7-11-21(15-19)25-23-13-5-6-14-24(23)26-22-12-8-10-20(16-22)18(3)4/h17-26H,5-16H2,1-4H3. The molecule has 0 heterocycles. The first-order valence-electron chi connectivity index (χ1n) is 12.0. The summed E-state index contributed by atoms with van der Waals surface area (Å²) in [4.78, 5) is 0. The third kappa shape index (κ3) is 5.71. The zero-order valence-electron chi connectivity index (χ0n) is 18.1. The van der Waals surface area contributed by atoms with Crippen LogP contribution in [0, 0.1) is 23.7 Å². The van der Waals surface area contributed by atoms with Crippen molar-refractivity contribution in [2.24, 2.45) is 23.7 Å². The molecule has 0 radical (unpaired) electrons. The van der Waals surface area contributed by atoms with Crippen molar-refractivity contribution in [2.75, 3.05) is 0 Å². The smallest absolute Gasteiger partial charge is 0.0223 e. The molecule has 3 aliphatic carbocycles. The van der Waals surface area contributed by atoms with Crippen LogP contribution in [-0.4, -0.2) is 24.2 Å². The number of rotatable bonds is 6. The van der Waals surface area contributed by atoms with Gasteiger partial charge in [0, 0.05) is 24.2 Å². The Labute approximate surface area is 163 Å². The summed E-state index contributed by atoms with van der Waals surface area (Å²) in [7, 11) is 0. The van der Waals surface area contributed by atoms with Gasteiger partial charge in [-0.25, -0.2) is 0 Å². The molecule has 2 nitrogen and oxygen atoms in total. The lowest BCUT2D eigenvalue weighted by molar-refractivity contribution is 0.167. The molecule has 3 aliphatic rings. The van der Waals surface area contributed by atoms with Crippen LogP contribution in [0.4, 0.5) is 0 Å². The van der Waals surface area contributed by atoms with E-state index in [4.69, 9.17) is 0 Å². The van der Waals surface area contributed by atoms with Gasteiger partial charge in [0.2, 0.25) is 0 Å². The summed E-state index contributed by atoms with van der Waals surface area (Å²) >= 11 is 0. The van der Waals surface area contributed by atoms with Gasteiger partial charge in [-0.3, -0.25) is 0 Å². The first-order valence-corrected chi connectivity index (χ1v) is 12.0. The molecule has 0 aliphatic heterocycles. The molecule has 0 aromatic heterocycles. The normalized spacial score (nSPS) is 39.5. The molecule has 3 rings (SSSR count). The number of nitrogens with one attached hydrogen (secondary N) is 2. The fourth-order valence-electron chi connectivity index (χ4n) is 6.10. The number of hydrogen-bond acceptors (Lipinski definition) is 2. The van der Waals surface area contributed by atoms with Gasteiger partial charge in [-0.2, -0.15) is 0 Å². The summed E-state index contributed by atoms with van der Waals surface area (Å²) in [6.07, 6.45) is 17.1. The maximum atomic E-state index is 4.15. The van der Waals surface area contributed by atoms with Gasteiger partial charge in [0.15, 0.2) is 0 Å². The van der Waals surface area contributed by atoms with Crippen molar-refractivity contribution in [1.29, 1.82) is 0 Å². The van der Waals surface area contributed by atoms with Gasteiger partial charge in [-0.15, -0.1) is 0 Å². The van der Waals surface area contributed by atoms with Crippen LogP contribution in [-0.2, 0) is 0 Å². The molecule has 3 saturated carbocycles. The van der Waals surface area contributed by atoms with Crippen molar-refractivity contribution < 1.29 is 0 Å². The summed E-state index contributed by atoms with van der Waals surface area (Å²) in [5.74, 6) is 3.60. The Morgan fingerprint density at radius 2 is 0.962 bits per heavy atom. The van der Waals surface area contributed by atoms with Crippen molar-refractivity contribution in [3.05, 3.63) is 0 Å². The fraction of sp³-hybridized carbons (Fsp3) is 1.00. The van der Waals surface area contributed by atoms with E-state index in [-0.39, 0.29) is 0 Å². The SMILES string of the molecule is CC(C)C1CCCC(NC2CCCCC2NC2CCCC(C(C)C)C2)C1. The van der Waals surface area contributed by atoms with Crippen LogP contribution in [0.3, 0.4) is 0 Å². The van der Waals surface area contributed by atoms with E-state index in [1.165, 1.54) is 77.0 Å². The molecule has 2 N–H and O–H groups in total.